The maximum Gasteiger partial charge on any atom is 0.328 e. The van der Waals surface area contributed by atoms with Crippen LogP contribution in [0.25, 0.3) is 0 Å². The summed E-state index contributed by atoms with van der Waals surface area (Å²) in [6.07, 6.45) is 2.97. The first-order valence-corrected chi connectivity index (χ1v) is 29.8. The maximum absolute atomic E-state index is 11.2. The van der Waals surface area contributed by atoms with Gasteiger partial charge in [0.25, 0.3) is 0 Å². The fraction of sp³-hybridized carbons (Fsp3) is 0.833. The lowest BCUT2D eigenvalue weighted by Gasteiger charge is -2.26. The molecule has 0 spiro atoms. The molecule has 1 aliphatic carbocycles. The number of hydrogen-bond acceptors (Lipinski definition) is 21. The average molecular weight is 1060 g/mol. The van der Waals surface area contributed by atoms with Crippen LogP contribution in [0.3, 0.4) is 0 Å². The van der Waals surface area contributed by atoms with Crippen LogP contribution < -0.4 is 0 Å². The molecule has 5 unspecified atom stereocenters. The van der Waals surface area contributed by atoms with E-state index < -0.39 is 86.5 Å². The molecule has 6 N–H and O–H groups in total. The number of rotatable bonds is 21. The standard InChI is InChI=1S/C8H15O5P.C8H17O5P.2C7H15O5P.C6H13O5P/c1-6(2)7(9)12-8(4-5-8)13-14(3,10)11;1-6(2)7(9)12-8(3,4)13-14(5,10)11;1-6(2)7(8)11-4-5-12-13(3,9)10;1-5(2)7(8)11-6(3)12-13(4,9)10;1-5(2)6(7)10-4-11-12(3,8)9/h6H,4-5H2,1-3H3,(H,10,11);6H,1-5H3,(H,10,11);6,9-10H,3-5H2,1-2H3;5-6H,1-4H3,(H,9,10);5H,4H2,1-3H3,(H,8,9). The van der Waals surface area contributed by atoms with Gasteiger partial charge in [0.1, 0.15) is 6.61 Å². The van der Waals surface area contributed by atoms with E-state index >= 15 is 0 Å². The maximum atomic E-state index is 11.2. The molecule has 0 aromatic rings. The summed E-state index contributed by atoms with van der Waals surface area (Å²) in [6.45, 7) is 24.7. The largest absolute Gasteiger partial charge is 0.463 e. The van der Waals surface area contributed by atoms with Crippen LogP contribution >= 0.6 is 37.9 Å². The number of hydrogen-bond donors (Lipinski definition) is 6. The van der Waals surface area contributed by atoms with E-state index in [-0.39, 0.29) is 48.8 Å². The summed E-state index contributed by atoms with van der Waals surface area (Å²) in [5, 5.41) is 0. The van der Waals surface area contributed by atoms with Gasteiger partial charge in [-0.25, -0.2) is 0 Å². The molecule has 0 amide bonds. The molecule has 394 valence electrons. The van der Waals surface area contributed by atoms with Gasteiger partial charge in [-0.05, 0) is 13.2 Å². The van der Waals surface area contributed by atoms with E-state index in [2.05, 4.69) is 24.6 Å². The third-order valence-electron chi connectivity index (χ3n) is 6.12. The van der Waals surface area contributed by atoms with Crippen LogP contribution in [0.15, 0.2) is 0 Å². The van der Waals surface area contributed by atoms with Gasteiger partial charge in [-0.3, -0.25) is 60.3 Å². The highest BCUT2D eigenvalue weighted by molar-refractivity contribution is 7.57. The van der Waals surface area contributed by atoms with Crippen molar-refractivity contribution in [1.82, 2.24) is 0 Å². The summed E-state index contributed by atoms with van der Waals surface area (Å²) in [5.74, 6) is -5.91. The zero-order valence-electron chi connectivity index (χ0n) is 40.9. The van der Waals surface area contributed by atoms with Gasteiger partial charge < -0.3 is 57.6 Å². The topological polar surface area (TPSA) is 367 Å². The zero-order chi connectivity index (χ0) is 53.5. The van der Waals surface area contributed by atoms with Crippen molar-refractivity contribution in [3.63, 3.8) is 0 Å². The molecule has 0 saturated heterocycles. The molecule has 1 rings (SSSR count). The van der Waals surface area contributed by atoms with Crippen LogP contribution in [0.4, 0.5) is 0 Å². The summed E-state index contributed by atoms with van der Waals surface area (Å²) in [4.78, 5) is 108. The van der Waals surface area contributed by atoms with Crippen LogP contribution in [0.5, 0.6) is 0 Å². The highest BCUT2D eigenvalue weighted by Crippen LogP contribution is 2.53. The van der Waals surface area contributed by atoms with Gasteiger partial charge in [0.15, 0.2) is 0 Å². The number of esters is 5. The molecule has 0 bridgehead atoms. The summed E-state index contributed by atoms with van der Waals surface area (Å²) < 4.78 is 89.7. The lowest BCUT2D eigenvalue weighted by molar-refractivity contribution is -0.191. The number of carbonyl (C=O) groups is 5. The Morgan fingerprint density at radius 2 is 0.970 bits per heavy atom. The summed E-state index contributed by atoms with van der Waals surface area (Å²) >= 11 is 0. The van der Waals surface area contributed by atoms with E-state index in [9.17, 15) is 42.2 Å². The van der Waals surface area contributed by atoms with E-state index in [1.807, 2.05) is 0 Å². The third-order valence-corrected chi connectivity index (χ3v) is 9.44. The summed E-state index contributed by atoms with van der Waals surface area (Å²) in [7, 11) is -17.8. The molecule has 0 aromatic heterocycles. The van der Waals surface area contributed by atoms with Crippen molar-refractivity contribution in [2.45, 2.75) is 121 Å². The lowest BCUT2D eigenvalue weighted by Crippen LogP contribution is -2.32. The Morgan fingerprint density at radius 1 is 0.561 bits per heavy atom. The van der Waals surface area contributed by atoms with Gasteiger partial charge >= 0.3 is 60.2 Å². The Bertz CT molecular complexity index is 1680. The van der Waals surface area contributed by atoms with Crippen molar-refractivity contribution in [2.24, 2.45) is 29.6 Å². The molecule has 30 heteroatoms. The summed E-state index contributed by atoms with van der Waals surface area (Å²) in [5.41, 5.74) is 0. The average Bonchev–Trinajstić information content (AvgIpc) is 3.80. The molecule has 1 aliphatic rings. The number of carbonyl (C=O) groups excluding carboxylic acids is 5. The normalized spacial score (nSPS) is 17.1. The lowest BCUT2D eigenvalue weighted by atomic mass is 10.2. The van der Waals surface area contributed by atoms with Crippen LogP contribution in [-0.4, -0.2) is 130 Å². The molecule has 0 heterocycles. The molecule has 0 aromatic carbocycles. The fourth-order valence-corrected chi connectivity index (χ4v) is 6.05. The van der Waals surface area contributed by atoms with Crippen LogP contribution in [0, 0.1) is 29.6 Å². The SMILES string of the molecule is C=P(O)(O)OCCOC(=O)C(C)C.CC(C)C(=O)OC(C)(C)OP(C)(=O)O.CC(C)C(=O)OC1(OP(C)(=O)O)CC1.CC(C)C(=O)OCOP(C)(=O)O.CC(OC(=O)C(C)C)OP(C)(=O)O. The summed E-state index contributed by atoms with van der Waals surface area (Å²) in [6, 6.07) is 0. The third kappa shape index (κ3) is 48.6. The van der Waals surface area contributed by atoms with Crippen LogP contribution in [0.2, 0.25) is 0 Å². The predicted molar refractivity (Wildman–Crippen MR) is 242 cm³/mol. The minimum absolute atomic E-state index is 0.00933. The van der Waals surface area contributed by atoms with Crippen molar-refractivity contribution in [3.8, 4) is 0 Å². The first-order chi connectivity index (χ1) is 29.2. The smallest absolute Gasteiger partial charge is 0.328 e. The van der Waals surface area contributed by atoms with Crippen molar-refractivity contribution < 1.29 is 118 Å². The van der Waals surface area contributed by atoms with E-state index in [1.165, 1.54) is 20.8 Å². The van der Waals surface area contributed by atoms with Gasteiger partial charge in [0.2, 0.25) is 32.2 Å². The van der Waals surface area contributed by atoms with Gasteiger partial charge in [-0.15, -0.1) is 0 Å². The molecular formula is C36H75O25P5. The van der Waals surface area contributed by atoms with Crippen molar-refractivity contribution in [3.05, 3.63) is 0 Å². The monoisotopic (exact) mass is 1060 g/mol. The fourth-order valence-electron chi connectivity index (χ4n) is 3.15. The van der Waals surface area contributed by atoms with Crippen molar-refractivity contribution in [2.75, 3.05) is 46.7 Å². The second-order valence-electron chi connectivity index (χ2n) is 16.3. The first kappa shape index (κ1) is 70.7. The van der Waals surface area contributed by atoms with Crippen LogP contribution in [0.1, 0.15) is 103 Å². The van der Waals surface area contributed by atoms with Gasteiger partial charge in [-0.2, -0.15) is 0 Å². The minimum atomic E-state index is -3.65. The van der Waals surface area contributed by atoms with Gasteiger partial charge in [-0.1, -0.05) is 69.2 Å². The quantitative estimate of drug-likeness (QED) is 0.0253. The Kier molecular flexibility index (Phi) is 33.6. The highest BCUT2D eigenvalue weighted by atomic mass is 31.2. The van der Waals surface area contributed by atoms with E-state index in [0.29, 0.717) is 12.8 Å². The molecule has 1 saturated carbocycles. The van der Waals surface area contributed by atoms with E-state index in [0.717, 1.165) is 26.7 Å². The molecule has 0 aliphatic heterocycles. The molecular weight excluding hydrogens is 987 g/mol. The van der Waals surface area contributed by atoms with E-state index in [1.54, 1.807) is 69.2 Å². The van der Waals surface area contributed by atoms with Crippen molar-refractivity contribution in [1.29, 1.82) is 0 Å². The Balaban J connectivity index is -0.000000364. The molecule has 25 nitrogen and oxygen atoms in total. The molecule has 5 atom stereocenters. The highest BCUT2D eigenvalue weighted by Gasteiger charge is 2.52. The van der Waals surface area contributed by atoms with Crippen molar-refractivity contribution >= 4 is 74.1 Å². The Labute approximate surface area is 388 Å². The Hall–Kier alpha value is -1.87. The molecule has 0 radical (unpaired) electrons. The number of ether oxygens (including phenoxy) is 5. The molecule has 1 fully saturated rings. The minimum Gasteiger partial charge on any atom is -0.463 e. The molecule has 66 heavy (non-hydrogen) atoms. The van der Waals surface area contributed by atoms with Gasteiger partial charge in [0.05, 0.1) is 36.2 Å². The Morgan fingerprint density at radius 3 is 1.29 bits per heavy atom. The first-order valence-electron chi connectivity index (χ1n) is 19.9. The van der Waals surface area contributed by atoms with Crippen LogP contribution in [-0.2, 0) is 88.5 Å². The second kappa shape index (κ2) is 31.4. The predicted octanol–water partition coefficient (Wildman–Crippen LogP) is 5.98. The zero-order valence-corrected chi connectivity index (χ0v) is 45.4. The van der Waals surface area contributed by atoms with Gasteiger partial charge in [0, 0.05) is 53.3 Å². The second-order valence-corrected chi connectivity index (χ2v) is 25.2. The van der Waals surface area contributed by atoms with E-state index in [4.69, 9.17) is 57.4 Å².